The van der Waals surface area contributed by atoms with Crippen LogP contribution in [0.1, 0.15) is 43.9 Å². The quantitative estimate of drug-likeness (QED) is 0.726. The van der Waals surface area contributed by atoms with Gasteiger partial charge in [0.1, 0.15) is 5.76 Å². The molecule has 0 bridgehead atoms. The molecule has 0 saturated heterocycles. The Kier molecular flexibility index (Phi) is 6.18. The molecule has 1 heterocycles. The molecule has 2 rings (SSSR count). The van der Waals surface area contributed by atoms with Crippen LogP contribution in [0.2, 0.25) is 0 Å². The van der Waals surface area contributed by atoms with Crippen molar-refractivity contribution in [3.63, 3.8) is 0 Å². The molecule has 0 amide bonds. The largest absolute Gasteiger partial charge is 0.468 e. The lowest BCUT2D eigenvalue weighted by Gasteiger charge is -2.20. The van der Waals surface area contributed by atoms with E-state index in [1.807, 2.05) is 18.2 Å². The number of nitrogens with zero attached hydrogens (tertiary/aromatic N) is 2. The van der Waals surface area contributed by atoms with Gasteiger partial charge in [-0.25, -0.2) is 8.42 Å². The number of furan rings is 1. The van der Waals surface area contributed by atoms with Gasteiger partial charge in [-0.15, -0.1) is 0 Å². The summed E-state index contributed by atoms with van der Waals surface area (Å²) in [5, 5.41) is 8.81. The molecule has 0 aliphatic carbocycles. The minimum absolute atomic E-state index is 0.115. The summed E-state index contributed by atoms with van der Waals surface area (Å²) in [6, 6.07) is 12.4. The van der Waals surface area contributed by atoms with Gasteiger partial charge in [0.05, 0.1) is 23.8 Å². The van der Waals surface area contributed by atoms with Gasteiger partial charge in [0, 0.05) is 13.0 Å². The first-order valence-corrected chi connectivity index (χ1v) is 9.42. The molecule has 0 aliphatic rings. The number of hydrogen-bond acceptors (Lipinski definition) is 4. The van der Waals surface area contributed by atoms with Crippen LogP contribution in [0.15, 0.2) is 52.0 Å². The number of nitriles is 1. The maximum absolute atomic E-state index is 12.9. The summed E-state index contributed by atoms with van der Waals surface area (Å²) in [7, 11) is -3.68. The van der Waals surface area contributed by atoms with Crippen LogP contribution in [-0.4, -0.2) is 19.3 Å². The lowest BCUT2D eigenvalue weighted by Crippen LogP contribution is -2.31. The maximum atomic E-state index is 12.9. The molecule has 128 valence electrons. The first kappa shape index (κ1) is 18.2. The lowest BCUT2D eigenvalue weighted by molar-refractivity contribution is 0.368. The Balaban J connectivity index is 2.27. The number of hydrogen-bond donors (Lipinski definition) is 0. The first-order chi connectivity index (χ1) is 11.5. The Labute approximate surface area is 143 Å². The average molecular weight is 346 g/mol. The van der Waals surface area contributed by atoms with E-state index in [-0.39, 0.29) is 24.4 Å². The average Bonchev–Trinajstić information content (AvgIpc) is 3.11. The Hall–Kier alpha value is -2.10. The summed E-state index contributed by atoms with van der Waals surface area (Å²) >= 11 is 0. The van der Waals surface area contributed by atoms with Gasteiger partial charge in [-0.3, -0.25) is 0 Å². The second kappa shape index (κ2) is 8.13. The van der Waals surface area contributed by atoms with Crippen molar-refractivity contribution in [3.8, 4) is 6.07 Å². The third-order valence-corrected chi connectivity index (χ3v) is 5.94. The van der Waals surface area contributed by atoms with Crippen LogP contribution in [0.25, 0.3) is 0 Å². The van der Waals surface area contributed by atoms with E-state index in [9.17, 15) is 8.42 Å². The van der Waals surface area contributed by atoms with Crippen molar-refractivity contribution in [1.29, 1.82) is 5.26 Å². The molecule has 0 saturated carbocycles. The zero-order valence-corrected chi connectivity index (χ0v) is 14.8. The highest BCUT2D eigenvalue weighted by atomic mass is 32.2. The molecule has 0 aliphatic heterocycles. The van der Waals surface area contributed by atoms with Gasteiger partial charge in [0.15, 0.2) is 0 Å². The third kappa shape index (κ3) is 4.25. The molecule has 24 heavy (non-hydrogen) atoms. The van der Waals surface area contributed by atoms with Crippen LogP contribution in [0.3, 0.4) is 0 Å². The van der Waals surface area contributed by atoms with E-state index >= 15 is 0 Å². The minimum Gasteiger partial charge on any atom is -0.468 e. The molecule has 1 atom stereocenters. The molecule has 1 aromatic heterocycles. The van der Waals surface area contributed by atoms with Crippen molar-refractivity contribution in [2.75, 3.05) is 6.54 Å². The summed E-state index contributed by atoms with van der Waals surface area (Å²) < 4.78 is 32.3. The molecule has 0 spiro atoms. The van der Waals surface area contributed by atoms with E-state index in [0.717, 1.165) is 12.0 Å². The summed E-state index contributed by atoms with van der Waals surface area (Å²) in [5.74, 6) is 0.937. The van der Waals surface area contributed by atoms with Crippen molar-refractivity contribution in [2.45, 2.75) is 44.0 Å². The first-order valence-electron chi connectivity index (χ1n) is 7.98. The molecule has 6 heteroatoms. The van der Waals surface area contributed by atoms with Crippen LogP contribution < -0.4 is 0 Å². The molecule has 1 aromatic carbocycles. The predicted octanol–water partition coefficient (Wildman–Crippen LogP) is 3.90. The topological polar surface area (TPSA) is 74.3 Å². The SMILES string of the molecule is CCC(C)c1ccc(S(=O)(=O)N(CCC#N)Cc2ccco2)cc1. The molecule has 0 N–H and O–H groups in total. The fourth-order valence-corrected chi connectivity index (χ4v) is 3.80. The molecule has 1 unspecified atom stereocenters. The minimum atomic E-state index is -3.68. The fraction of sp³-hybridized carbons (Fsp3) is 0.389. The number of sulfonamides is 1. The molecule has 0 fully saturated rings. The van der Waals surface area contributed by atoms with Crippen LogP contribution in [0.5, 0.6) is 0 Å². The van der Waals surface area contributed by atoms with E-state index in [1.165, 1.54) is 10.6 Å². The summed E-state index contributed by atoms with van der Waals surface area (Å²) in [6.07, 6.45) is 2.63. The van der Waals surface area contributed by atoms with Crippen molar-refractivity contribution in [2.24, 2.45) is 0 Å². The van der Waals surface area contributed by atoms with Gasteiger partial charge < -0.3 is 4.42 Å². The highest BCUT2D eigenvalue weighted by Crippen LogP contribution is 2.23. The second-order valence-corrected chi connectivity index (χ2v) is 7.64. The lowest BCUT2D eigenvalue weighted by atomic mass is 9.99. The standard InChI is InChI=1S/C18H22N2O3S/c1-3-15(2)16-7-9-18(10-8-16)24(21,22)20(12-5-11-19)14-17-6-4-13-23-17/h4,6-10,13,15H,3,5,12,14H2,1-2H3. The second-order valence-electron chi connectivity index (χ2n) is 5.70. The summed E-state index contributed by atoms with van der Waals surface area (Å²) in [5.41, 5.74) is 1.12. The van der Waals surface area contributed by atoms with E-state index in [0.29, 0.717) is 11.7 Å². The van der Waals surface area contributed by atoms with Crippen molar-refractivity contribution >= 4 is 10.0 Å². The monoisotopic (exact) mass is 346 g/mol. The van der Waals surface area contributed by atoms with Crippen molar-refractivity contribution in [1.82, 2.24) is 4.31 Å². The molecule has 0 radical (unpaired) electrons. The smallest absolute Gasteiger partial charge is 0.243 e. The van der Waals surface area contributed by atoms with E-state index in [1.54, 1.807) is 24.3 Å². The zero-order chi connectivity index (χ0) is 17.6. The highest BCUT2D eigenvalue weighted by molar-refractivity contribution is 7.89. The normalized spacial score (nSPS) is 12.9. The van der Waals surface area contributed by atoms with E-state index < -0.39 is 10.0 Å². The number of benzene rings is 1. The highest BCUT2D eigenvalue weighted by Gasteiger charge is 2.25. The third-order valence-electron chi connectivity index (χ3n) is 4.08. The van der Waals surface area contributed by atoms with Gasteiger partial charge in [-0.2, -0.15) is 9.57 Å². The Morgan fingerprint density at radius 2 is 1.96 bits per heavy atom. The molecular formula is C18H22N2O3S. The molecule has 5 nitrogen and oxygen atoms in total. The van der Waals surface area contributed by atoms with Crippen LogP contribution >= 0.6 is 0 Å². The summed E-state index contributed by atoms with van der Waals surface area (Å²) in [6.45, 7) is 4.46. The Morgan fingerprint density at radius 3 is 2.50 bits per heavy atom. The van der Waals surface area contributed by atoms with Crippen LogP contribution in [0.4, 0.5) is 0 Å². The van der Waals surface area contributed by atoms with Gasteiger partial charge >= 0.3 is 0 Å². The fourth-order valence-electron chi connectivity index (χ4n) is 2.39. The van der Waals surface area contributed by atoms with Crippen LogP contribution in [-0.2, 0) is 16.6 Å². The number of rotatable bonds is 8. The summed E-state index contributed by atoms with van der Waals surface area (Å²) in [4.78, 5) is 0.235. The maximum Gasteiger partial charge on any atom is 0.243 e. The molecule has 2 aromatic rings. The molecular weight excluding hydrogens is 324 g/mol. The van der Waals surface area contributed by atoms with Crippen molar-refractivity contribution < 1.29 is 12.8 Å². The van der Waals surface area contributed by atoms with E-state index in [2.05, 4.69) is 13.8 Å². The van der Waals surface area contributed by atoms with E-state index in [4.69, 9.17) is 9.68 Å². The van der Waals surface area contributed by atoms with Crippen LogP contribution in [0, 0.1) is 11.3 Å². The predicted molar refractivity (Wildman–Crippen MR) is 91.7 cm³/mol. The van der Waals surface area contributed by atoms with Gasteiger partial charge in [-0.1, -0.05) is 26.0 Å². The Morgan fingerprint density at radius 1 is 1.25 bits per heavy atom. The van der Waals surface area contributed by atoms with Gasteiger partial charge in [-0.05, 0) is 42.2 Å². The van der Waals surface area contributed by atoms with Gasteiger partial charge in [0.25, 0.3) is 0 Å². The van der Waals surface area contributed by atoms with Crippen molar-refractivity contribution in [3.05, 3.63) is 54.0 Å². The zero-order valence-electron chi connectivity index (χ0n) is 14.0. The Bertz CT molecular complexity index is 775. The van der Waals surface area contributed by atoms with Gasteiger partial charge in [0.2, 0.25) is 10.0 Å².